The van der Waals surface area contributed by atoms with Gasteiger partial charge in [0.1, 0.15) is 5.75 Å². The molecule has 4 saturated carbocycles. The summed E-state index contributed by atoms with van der Waals surface area (Å²) in [5.41, 5.74) is 6.22. The van der Waals surface area contributed by atoms with Crippen LogP contribution < -0.4 is 4.74 Å². The summed E-state index contributed by atoms with van der Waals surface area (Å²) in [7, 11) is 1.69. The van der Waals surface area contributed by atoms with Crippen molar-refractivity contribution in [2.45, 2.75) is 57.5 Å². The number of aliphatic hydroxyl groups is 1. The standard InChI is InChI=1S/C30H38O4/c1-21(11-22-3-5-23(19-31)6-4-22)27-7-8-29(34-20-33-10-9-32-2)28(15-27)30-16-24-12-25(17-30)14-26(13-24)18-30/h3-8,11,15,24-26,31H,9-10,12-14,16-20H2,1-2H3/b21-11+. The van der Waals surface area contributed by atoms with Gasteiger partial charge in [0.2, 0.25) is 0 Å². The van der Waals surface area contributed by atoms with Crippen molar-refractivity contribution in [1.29, 1.82) is 0 Å². The largest absolute Gasteiger partial charge is 0.467 e. The van der Waals surface area contributed by atoms with Gasteiger partial charge in [-0.3, -0.25) is 0 Å². The van der Waals surface area contributed by atoms with E-state index in [-0.39, 0.29) is 18.8 Å². The summed E-state index contributed by atoms with van der Waals surface area (Å²) in [5.74, 6) is 3.62. The van der Waals surface area contributed by atoms with E-state index < -0.39 is 0 Å². The summed E-state index contributed by atoms with van der Waals surface area (Å²) in [4.78, 5) is 0. The van der Waals surface area contributed by atoms with Gasteiger partial charge in [-0.1, -0.05) is 36.4 Å². The number of aliphatic hydroxyl groups excluding tert-OH is 1. The van der Waals surface area contributed by atoms with Gasteiger partial charge in [0.15, 0.2) is 6.79 Å². The molecule has 34 heavy (non-hydrogen) atoms. The zero-order chi connectivity index (χ0) is 23.5. The smallest absolute Gasteiger partial charge is 0.189 e. The van der Waals surface area contributed by atoms with Gasteiger partial charge in [0.05, 0.1) is 19.8 Å². The highest BCUT2D eigenvalue weighted by Gasteiger charge is 2.52. The maximum atomic E-state index is 9.32. The van der Waals surface area contributed by atoms with Gasteiger partial charge >= 0.3 is 0 Å². The molecule has 1 N–H and O–H groups in total. The van der Waals surface area contributed by atoms with Crippen LogP contribution in [-0.2, 0) is 21.5 Å². The minimum Gasteiger partial charge on any atom is -0.467 e. The van der Waals surface area contributed by atoms with Gasteiger partial charge in [-0.15, -0.1) is 0 Å². The Labute approximate surface area is 203 Å². The lowest BCUT2D eigenvalue weighted by Gasteiger charge is -2.57. The second-order valence-electron chi connectivity index (χ2n) is 10.8. The number of ether oxygens (including phenoxy) is 3. The first-order valence-electron chi connectivity index (χ1n) is 12.8. The lowest BCUT2D eigenvalue weighted by atomic mass is 9.48. The summed E-state index contributed by atoms with van der Waals surface area (Å²) in [6, 6.07) is 14.9. The molecule has 2 aromatic rings. The third-order valence-corrected chi connectivity index (χ3v) is 8.32. The van der Waals surface area contributed by atoms with Gasteiger partial charge in [0.25, 0.3) is 0 Å². The van der Waals surface area contributed by atoms with E-state index in [1.807, 2.05) is 12.1 Å². The SMILES string of the molecule is COCCOCOc1ccc(/C(C)=C/c2ccc(CO)cc2)cc1C12CC3CC(CC(C3)C1)C2. The van der Waals surface area contributed by atoms with Crippen molar-refractivity contribution >= 4 is 11.6 Å². The second kappa shape index (κ2) is 10.2. The summed E-state index contributed by atoms with van der Waals surface area (Å²) in [6.07, 6.45) is 10.4. The van der Waals surface area contributed by atoms with Crippen LogP contribution in [0.1, 0.15) is 67.7 Å². The molecular formula is C30H38O4. The zero-order valence-electron chi connectivity index (χ0n) is 20.6. The molecule has 0 spiro atoms. The number of benzene rings is 2. The molecule has 0 radical (unpaired) electrons. The zero-order valence-corrected chi connectivity index (χ0v) is 20.6. The minimum absolute atomic E-state index is 0.0774. The van der Waals surface area contributed by atoms with Crippen LogP contribution in [0.5, 0.6) is 5.75 Å². The summed E-state index contributed by atoms with van der Waals surface area (Å²) >= 11 is 0. The van der Waals surface area contributed by atoms with Crippen molar-refractivity contribution in [3.63, 3.8) is 0 Å². The van der Waals surface area contributed by atoms with Crippen molar-refractivity contribution < 1.29 is 19.3 Å². The summed E-state index contributed by atoms with van der Waals surface area (Å²) in [6.45, 7) is 3.64. The van der Waals surface area contributed by atoms with Crippen LogP contribution in [0, 0.1) is 17.8 Å². The maximum absolute atomic E-state index is 9.32. The summed E-state index contributed by atoms with van der Waals surface area (Å²) in [5, 5.41) is 9.32. The quantitative estimate of drug-likeness (QED) is 0.259. The number of rotatable bonds is 10. The van der Waals surface area contributed by atoms with Crippen molar-refractivity contribution in [3.8, 4) is 5.75 Å². The molecule has 4 aliphatic carbocycles. The highest BCUT2D eigenvalue weighted by Crippen LogP contribution is 2.62. The van der Waals surface area contributed by atoms with Crippen LogP contribution in [0.3, 0.4) is 0 Å². The molecule has 0 atom stereocenters. The molecule has 0 heterocycles. The van der Waals surface area contributed by atoms with Gasteiger partial charge in [-0.2, -0.15) is 0 Å². The average Bonchev–Trinajstić information content (AvgIpc) is 2.83. The molecule has 4 bridgehead atoms. The second-order valence-corrected chi connectivity index (χ2v) is 10.8. The topological polar surface area (TPSA) is 47.9 Å². The third-order valence-electron chi connectivity index (χ3n) is 8.32. The Bertz CT molecular complexity index is 972. The first-order valence-corrected chi connectivity index (χ1v) is 12.8. The Morgan fingerprint density at radius 2 is 1.65 bits per heavy atom. The molecule has 0 unspecified atom stereocenters. The molecule has 0 amide bonds. The number of methoxy groups -OCH3 is 1. The van der Waals surface area contributed by atoms with Crippen LogP contribution in [0.25, 0.3) is 11.6 Å². The number of hydrogen-bond acceptors (Lipinski definition) is 4. The fourth-order valence-electron chi connectivity index (χ4n) is 7.12. The molecule has 4 nitrogen and oxygen atoms in total. The molecular weight excluding hydrogens is 424 g/mol. The molecule has 4 aliphatic rings. The van der Waals surface area contributed by atoms with Gasteiger partial charge in [-0.05, 0) is 103 Å². The lowest BCUT2D eigenvalue weighted by molar-refractivity contribution is -0.0189. The van der Waals surface area contributed by atoms with Crippen molar-refractivity contribution in [2.24, 2.45) is 17.8 Å². The third kappa shape index (κ3) is 4.95. The van der Waals surface area contributed by atoms with Crippen LogP contribution in [-0.4, -0.2) is 32.2 Å². The Hall–Kier alpha value is -2.14. The summed E-state index contributed by atoms with van der Waals surface area (Å²) < 4.78 is 17.0. The Balaban J connectivity index is 1.44. The highest BCUT2D eigenvalue weighted by atomic mass is 16.7. The van der Waals surface area contributed by atoms with E-state index in [1.54, 1.807) is 7.11 Å². The normalized spacial score (nSPS) is 27.9. The monoisotopic (exact) mass is 462 g/mol. The lowest BCUT2D eigenvalue weighted by Crippen LogP contribution is -2.48. The first-order chi connectivity index (χ1) is 16.6. The van der Waals surface area contributed by atoms with E-state index in [9.17, 15) is 5.11 Å². The van der Waals surface area contributed by atoms with Crippen molar-refractivity contribution in [3.05, 3.63) is 64.7 Å². The van der Waals surface area contributed by atoms with E-state index in [2.05, 4.69) is 43.3 Å². The molecule has 4 heteroatoms. The maximum Gasteiger partial charge on any atom is 0.189 e. The Morgan fingerprint density at radius 1 is 0.971 bits per heavy atom. The molecule has 0 aromatic heterocycles. The molecule has 2 aromatic carbocycles. The van der Waals surface area contributed by atoms with Crippen LogP contribution >= 0.6 is 0 Å². The van der Waals surface area contributed by atoms with Gasteiger partial charge in [0, 0.05) is 12.7 Å². The van der Waals surface area contributed by atoms with Crippen LogP contribution in [0.4, 0.5) is 0 Å². The number of hydrogen-bond donors (Lipinski definition) is 1. The molecule has 6 rings (SSSR count). The van der Waals surface area contributed by atoms with Crippen LogP contribution in [0.2, 0.25) is 0 Å². The highest BCUT2D eigenvalue weighted by molar-refractivity contribution is 5.81. The fourth-order valence-corrected chi connectivity index (χ4v) is 7.12. The van der Waals surface area contributed by atoms with Gasteiger partial charge in [-0.25, -0.2) is 0 Å². The van der Waals surface area contributed by atoms with E-state index in [4.69, 9.17) is 14.2 Å². The Morgan fingerprint density at radius 3 is 2.26 bits per heavy atom. The minimum atomic E-state index is 0.0774. The molecule has 0 aliphatic heterocycles. The molecule has 4 fully saturated rings. The van der Waals surface area contributed by atoms with Crippen molar-refractivity contribution in [2.75, 3.05) is 27.1 Å². The predicted octanol–water partition coefficient (Wildman–Crippen LogP) is 6.21. The van der Waals surface area contributed by atoms with Gasteiger partial charge < -0.3 is 19.3 Å². The molecule has 0 saturated heterocycles. The average molecular weight is 463 g/mol. The van der Waals surface area contributed by atoms with E-state index >= 15 is 0 Å². The van der Waals surface area contributed by atoms with Crippen LogP contribution in [0.15, 0.2) is 42.5 Å². The van der Waals surface area contributed by atoms with E-state index in [0.717, 1.165) is 34.6 Å². The Kier molecular flexibility index (Phi) is 7.10. The predicted molar refractivity (Wildman–Crippen MR) is 136 cm³/mol. The fraction of sp³-hybridized carbons (Fsp3) is 0.533. The first kappa shape index (κ1) is 23.6. The van der Waals surface area contributed by atoms with E-state index in [0.29, 0.717) is 13.2 Å². The van der Waals surface area contributed by atoms with Crippen molar-refractivity contribution in [1.82, 2.24) is 0 Å². The molecule has 182 valence electrons. The number of allylic oxidation sites excluding steroid dienone is 1. The van der Waals surface area contributed by atoms with E-state index in [1.165, 1.54) is 55.2 Å².